The molecule has 0 unspecified atom stereocenters. The summed E-state index contributed by atoms with van der Waals surface area (Å²) in [5, 5.41) is 10.8. The van der Waals surface area contributed by atoms with Crippen molar-refractivity contribution >= 4 is 11.4 Å². The third kappa shape index (κ3) is 2.34. The first-order valence-electron chi connectivity index (χ1n) is 6.40. The van der Waals surface area contributed by atoms with Crippen LogP contribution in [0.25, 0.3) is 0 Å². The van der Waals surface area contributed by atoms with E-state index in [1.807, 2.05) is 6.07 Å². The van der Waals surface area contributed by atoms with Crippen LogP contribution in [0.1, 0.15) is 11.1 Å². The van der Waals surface area contributed by atoms with Crippen LogP contribution >= 0.6 is 0 Å². The molecule has 0 aromatic heterocycles. The summed E-state index contributed by atoms with van der Waals surface area (Å²) in [5.41, 5.74) is 3.00. The molecular weight excluding hydrogens is 259 g/mol. The van der Waals surface area contributed by atoms with E-state index in [0.29, 0.717) is 6.54 Å². The zero-order valence-electron chi connectivity index (χ0n) is 10.8. The van der Waals surface area contributed by atoms with Crippen molar-refractivity contribution in [1.29, 1.82) is 0 Å². The van der Waals surface area contributed by atoms with Crippen LogP contribution in [0.4, 0.5) is 15.8 Å². The molecule has 0 amide bonds. The minimum atomic E-state index is -0.379. The van der Waals surface area contributed by atoms with Gasteiger partial charge in [0.1, 0.15) is 5.82 Å². The molecule has 0 spiro atoms. The molecule has 0 bridgehead atoms. The van der Waals surface area contributed by atoms with Gasteiger partial charge in [-0.1, -0.05) is 12.1 Å². The van der Waals surface area contributed by atoms with E-state index >= 15 is 0 Å². The Labute approximate surface area is 115 Å². The van der Waals surface area contributed by atoms with Crippen LogP contribution in [-0.2, 0) is 13.0 Å². The van der Waals surface area contributed by atoms with Crippen molar-refractivity contribution in [1.82, 2.24) is 0 Å². The number of nitro groups is 1. The predicted molar refractivity (Wildman–Crippen MR) is 74.3 cm³/mol. The Balaban J connectivity index is 1.84. The summed E-state index contributed by atoms with van der Waals surface area (Å²) in [6, 6.07) is 11.4. The lowest BCUT2D eigenvalue weighted by molar-refractivity contribution is -0.384. The van der Waals surface area contributed by atoms with Crippen molar-refractivity contribution in [2.75, 3.05) is 11.4 Å². The summed E-state index contributed by atoms with van der Waals surface area (Å²) in [7, 11) is 0. The number of nitrogens with zero attached hydrogens (tertiary/aromatic N) is 2. The molecule has 0 saturated heterocycles. The molecule has 2 aromatic rings. The van der Waals surface area contributed by atoms with Crippen molar-refractivity contribution in [2.45, 2.75) is 13.0 Å². The van der Waals surface area contributed by atoms with Gasteiger partial charge in [0.15, 0.2) is 0 Å². The summed E-state index contributed by atoms with van der Waals surface area (Å²) >= 11 is 0. The maximum atomic E-state index is 13.2. The highest BCUT2D eigenvalue weighted by Crippen LogP contribution is 2.32. The van der Waals surface area contributed by atoms with Crippen LogP contribution in [0.15, 0.2) is 42.5 Å². The van der Waals surface area contributed by atoms with Crippen LogP contribution < -0.4 is 4.90 Å². The average Bonchev–Trinajstić information content (AvgIpc) is 2.81. The Hall–Kier alpha value is -2.43. The largest absolute Gasteiger partial charge is 0.367 e. The molecule has 0 fully saturated rings. The van der Waals surface area contributed by atoms with Crippen LogP contribution in [0.2, 0.25) is 0 Å². The predicted octanol–water partition coefficient (Wildman–Crippen LogP) is 3.30. The lowest BCUT2D eigenvalue weighted by atomic mass is 10.1. The fourth-order valence-electron chi connectivity index (χ4n) is 2.59. The highest BCUT2D eigenvalue weighted by atomic mass is 19.1. The Morgan fingerprint density at radius 3 is 2.85 bits per heavy atom. The topological polar surface area (TPSA) is 46.4 Å². The van der Waals surface area contributed by atoms with Crippen LogP contribution in [0, 0.1) is 15.9 Å². The van der Waals surface area contributed by atoms with Gasteiger partial charge in [-0.3, -0.25) is 10.1 Å². The van der Waals surface area contributed by atoms with Gasteiger partial charge in [0.2, 0.25) is 0 Å². The molecule has 4 nitrogen and oxygen atoms in total. The Morgan fingerprint density at radius 1 is 1.25 bits per heavy atom. The van der Waals surface area contributed by atoms with Crippen LogP contribution in [0.5, 0.6) is 0 Å². The van der Waals surface area contributed by atoms with E-state index in [1.165, 1.54) is 18.2 Å². The molecular formula is C15H13FN2O2. The van der Waals surface area contributed by atoms with Gasteiger partial charge in [-0.05, 0) is 35.7 Å². The Bertz CT molecular complexity index is 673. The fraction of sp³-hybridized carbons (Fsp3) is 0.200. The normalized spacial score (nSPS) is 13.3. The Morgan fingerprint density at radius 2 is 2.10 bits per heavy atom. The van der Waals surface area contributed by atoms with Crippen molar-refractivity contribution < 1.29 is 9.31 Å². The highest BCUT2D eigenvalue weighted by Gasteiger charge is 2.21. The molecule has 1 aliphatic rings. The van der Waals surface area contributed by atoms with Gasteiger partial charge in [-0.2, -0.15) is 0 Å². The van der Waals surface area contributed by atoms with Gasteiger partial charge in [-0.15, -0.1) is 0 Å². The number of hydrogen-bond donors (Lipinski definition) is 0. The Kier molecular flexibility index (Phi) is 3.10. The average molecular weight is 272 g/mol. The number of nitro benzene ring substituents is 1. The quantitative estimate of drug-likeness (QED) is 0.636. The van der Waals surface area contributed by atoms with E-state index in [-0.39, 0.29) is 16.4 Å². The molecule has 5 heteroatoms. The number of hydrogen-bond acceptors (Lipinski definition) is 3. The third-order valence-corrected chi connectivity index (χ3v) is 3.53. The molecule has 3 rings (SSSR count). The third-order valence-electron chi connectivity index (χ3n) is 3.53. The van der Waals surface area contributed by atoms with E-state index in [0.717, 1.165) is 29.8 Å². The zero-order chi connectivity index (χ0) is 14.1. The van der Waals surface area contributed by atoms with E-state index in [9.17, 15) is 14.5 Å². The maximum Gasteiger partial charge on any atom is 0.269 e. The van der Waals surface area contributed by atoms with Crippen LogP contribution in [0.3, 0.4) is 0 Å². The first kappa shape index (κ1) is 12.6. The SMILES string of the molecule is O=[N+]([O-])c1ccc2c(c1)CCN2Cc1cccc(F)c1. The van der Waals surface area contributed by atoms with E-state index in [2.05, 4.69) is 4.90 Å². The van der Waals surface area contributed by atoms with Gasteiger partial charge < -0.3 is 4.90 Å². The van der Waals surface area contributed by atoms with E-state index < -0.39 is 0 Å². The maximum absolute atomic E-state index is 13.2. The second kappa shape index (κ2) is 4.92. The molecule has 1 heterocycles. The highest BCUT2D eigenvalue weighted by molar-refractivity contribution is 5.61. The minimum Gasteiger partial charge on any atom is -0.367 e. The second-order valence-corrected chi connectivity index (χ2v) is 4.87. The lowest BCUT2D eigenvalue weighted by Crippen LogP contribution is -2.19. The zero-order valence-corrected chi connectivity index (χ0v) is 10.8. The summed E-state index contributed by atoms with van der Waals surface area (Å²) in [4.78, 5) is 12.5. The standard InChI is InChI=1S/C15H13FN2O2/c16-13-3-1-2-11(8-13)10-17-7-6-12-9-14(18(19)20)4-5-15(12)17/h1-5,8-9H,6-7,10H2. The van der Waals surface area contributed by atoms with Crippen molar-refractivity contribution in [2.24, 2.45) is 0 Å². The van der Waals surface area contributed by atoms with Crippen molar-refractivity contribution in [3.63, 3.8) is 0 Å². The molecule has 0 aliphatic carbocycles. The summed E-state index contributed by atoms with van der Waals surface area (Å²) in [5.74, 6) is -0.245. The number of benzene rings is 2. The molecule has 0 radical (unpaired) electrons. The van der Waals surface area contributed by atoms with E-state index in [1.54, 1.807) is 18.2 Å². The van der Waals surface area contributed by atoms with Gasteiger partial charge >= 0.3 is 0 Å². The molecule has 0 saturated carbocycles. The van der Waals surface area contributed by atoms with Gasteiger partial charge in [-0.25, -0.2) is 4.39 Å². The molecule has 20 heavy (non-hydrogen) atoms. The first-order valence-corrected chi connectivity index (χ1v) is 6.40. The smallest absolute Gasteiger partial charge is 0.269 e. The number of anilines is 1. The molecule has 0 atom stereocenters. The van der Waals surface area contributed by atoms with Gasteiger partial charge in [0.25, 0.3) is 5.69 Å². The summed E-state index contributed by atoms with van der Waals surface area (Å²) in [6.45, 7) is 1.41. The fourth-order valence-corrected chi connectivity index (χ4v) is 2.59. The number of fused-ring (bicyclic) bond motifs is 1. The van der Waals surface area contributed by atoms with E-state index in [4.69, 9.17) is 0 Å². The summed E-state index contributed by atoms with van der Waals surface area (Å²) in [6.07, 6.45) is 0.784. The molecule has 102 valence electrons. The van der Waals surface area contributed by atoms with Crippen LogP contribution in [-0.4, -0.2) is 11.5 Å². The lowest BCUT2D eigenvalue weighted by Gasteiger charge is -2.19. The molecule has 0 N–H and O–H groups in total. The minimum absolute atomic E-state index is 0.122. The number of halogens is 1. The molecule has 2 aromatic carbocycles. The number of non-ortho nitro benzene ring substituents is 1. The van der Waals surface area contributed by atoms with Crippen molar-refractivity contribution in [3.05, 3.63) is 69.5 Å². The summed E-state index contributed by atoms with van der Waals surface area (Å²) < 4.78 is 13.2. The van der Waals surface area contributed by atoms with Gasteiger partial charge in [0, 0.05) is 30.9 Å². The second-order valence-electron chi connectivity index (χ2n) is 4.87. The monoisotopic (exact) mass is 272 g/mol. The molecule has 1 aliphatic heterocycles. The van der Waals surface area contributed by atoms with Gasteiger partial charge in [0.05, 0.1) is 4.92 Å². The number of rotatable bonds is 3. The first-order chi connectivity index (χ1) is 9.63. The van der Waals surface area contributed by atoms with Crippen molar-refractivity contribution in [3.8, 4) is 0 Å².